The molecule has 4 atom stereocenters. The van der Waals surface area contributed by atoms with Gasteiger partial charge < -0.3 is 28.9 Å². The van der Waals surface area contributed by atoms with E-state index in [0.29, 0.717) is 59.8 Å². The highest BCUT2D eigenvalue weighted by atomic mass is 32.1. The maximum Gasteiger partial charge on any atom is 0.292 e. The molecule has 3 unspecified atom stereocenters. The van der Waals surface area contributed by atoms with Gasteiger partial charge in [0.2, 0.25) is 11.8 Å². The Morgan fingerprint density at radius 2 is 1.93 bits per heavy atom. The summed E-state index contributed by atoms with van der Waals surface area (Å²) in [6.45, 7) is 1.06. The number of hydrogen-bond acceptors (Lipinski definition) is 11. The van der Waals surface area contributed by atoms with E-state index in [1.807, 2.05) is 30.3 Å². The molecule has 46 heavy (non-hydrogen) atoms. The first kappa shape index (κ1) is 31.4. The number of halogens is 1. The van der Waals surface area contributed by atoms with Crippen LogP contribution in [0.25, 0.3) is 10.9 Å². The Balaban J connectivity index is 1.08. The first-order valence-corrected chi connectivity index (χ1v) is 15.3. The number of anilines is 1. The molecule has 0 spiro atoms. The predicted molar refractivity (Wildman–Crippen MR) is 170 cm³/mol. The molecule has 3 aromatic carbocycles. The summed E-state index contributed by atoms with van der Waals surface area (Å²) in [5.74, 6) is 1.07. The number of amides is 1. The van der Waals surface area contributed by atoms with Crippen LogP contribution in [0.2, 0.25) is 0 Å². The molecular weight excluding hydrogens is 615 g/mol. The number of aliphatic hydroxyl groups excluding tert-OH is 1. The number of ether oxygens (including phenoxy) is 4. The quantitative estimate of drug-likeness (QED) is 0.153. The highest BCUT2D eigenvalue weighted by Crippen LogP contribution is 2.44. The molecule has 13 heteroatoms. The normalized spacial score (nSPS) is 20.4. The van der Waals surface area contributed by atoms with Crippen molar-refractivity contribution in [1.29, 1.82) is 0 Å². The van der Waals surface area contributed by atoms with E-state index in [-0.39, 0.29) is 34.8 Å². The van der Waals surface area contributed by atoms with Crippen molar-refractivity contribution >= 4 is 39.9 Å². The largest absolute Gasteiger partial charge is 0.493 e. The molecule has 1 saturated heterocycles. The topological polar surface area (TPSA) is 133 Å². The molecule has 0 radical (unpaired) electrons. The summed E-state index contributed by atoms with van der Waals surface area (Å²) in [4.78, 5) is 26.0. The van der Waals surface area contributed by atoms with Crippen LogP contribution in [0.5, 0.6) is 23.1 Å². The second-order valence-corrected chi connectivity index (χ2v) is 11.6. The monoisotopic (exact) mass is 648 g/mol. The van der Waals surface area contributed by atoms with E-state index in [1.54, 1.807) is 12.1 Å². The number of nitrogens with zero attached hydrogens (tertiary/aromatic N) is 2. The Kier molecular flexibility index (Phi) is 9.71. The third-order valence-electron chi connectivity index (χ3n) is 8.28. The van der Waals surface area contributed by atoms with Crippen molar-refractivity contribution < 1.29 is 38.1 Å². The zero-order valence-corrected chi connectivity index (χ0v) is 25.8. The Morgan fingerprint density at radius 3 is 2.74 bits per heavy atom. The first-order valence-electron chi connectivity index (χ1n) is 14.9. The molecule has 2 fully saturated rings. The van der Waals surface area contributed by atoms with Crippen molar-refractivity contribution in [3.8, 4) is 23.1 Å². The van der Waals surface area contributed by atoms with Crippen molar-refractivity contribution in [2.75, 3.05) is 25.8 Å². The summed E-state index contributed by atoms with van der Waals surface area (Å²) in [6, 6.07) is 16.7. The number of nitrogens with one attached hydrogen (secondary N) is 2. The summed E-state index contributed by atoms with van der Waals surface area (Å²) in [5, 5.41) is 12.7. The number of carbonyl (C=O) groups is 1. The first-order chi connectivity index (χ1) is 22.4. The lowest BCUT2D eigenvalue weighted by molar-refractivity contribution is -0.158. The van der Waals surface area contributed by atoms with Crippen LogP contribution in [0, 0.1) is 23.6 Å². The van der Waals surface area contributed by atoms with E-state index in [4.69, 9.17) is 36.0 Å². The molecule has 1 aliphatic carbocycles. The zero-order valence-electron chi connectivity index (χ0n) is 25.0. The smallest absolute Gasteiger partial charge is 0.292 e. The van der Waals surface area contributed by atoms with Crippen LogP contribution in [0.4, 0.5) is 10.1 Å². The van der Waals surface area contributed by atoms with Gasteiger partial charge in [0.15, 0.2) is 29.4 Å². The maximum atomic E-state index is 15.1. The van der Waals surface area contributed by atoms with Gasteiger partial charge in [0, 0.05) is 18.6 Å². The molecule has 2 heterocycles. The van der Waals surface area contributed by atoms with Crippen molar-refractivity contribution in [3.05, 3.63) is 78.4 Å². The van der Waals surface area contributed by atoms with E-state index in [0.717, 1.165) is 24.5 Å². The second kappa shape index (κ2) is 14.2. The lowest BCUT2D eigenvalue weighted by atomic mass is 9.85. The van der Waals surface area contributed by atoms with Crippen LogP contribution in [-0.4, -0.2) is 52.8 Å². The lowest BCUT2D eigenvalue weighted by Crippen LogP contribution is -2.34. The standard InChI is InChI=1S/C33H33FN4O7S/c1-41-28-13-24-26(15-29(28)42-16-20-7-8-21-17-43-31(40)14-23(20)21)35-18-36-32(24)44-27-10-9-22(12-25(27)34)38-45-33(46)37-30(39)11-19-5-3-2-4-6-19/h2-6,9-10,12-13,15,18,20-21,23,31,38,40H,7-8,11,14,16-17H2,1H3,(H,37,39,46)/t20?,21?,23?,31-/m1/s1. The number of benzene rings is 3. The Hall–Kier alpha value is -4.59. The van der Waals surface area contributed by atoms with Crippen LogP contribution in [0.3, 0.4) is 0 Å². The van der Waals surface area contributed by atoms with Gasteiger partial charge in [-0.25, -0.2) is 19.8 Å². The molecule has 6 rings (SSSR count). The van der Waals surface area contributed by atoms with E-state index in [9.17, 15) is 9.90 Å². The van der Waals surface area contributed by atoms with Gasteiger partial charge in [0.25, 0.3) is 5.17 Å². The van der Waals surface area contributed by atoms with E-state index in [2.05, 4.69) is 20.8 Å². The molecule has 4 aromatic rings. The molecule has 240 valence electrons. The number of fused-ring (bicyclic) bond motifs is 2. The van der Waals surface area contributed by atoms with Crippen LogP contribution < -0.4 is 25.0 Å². The average molecular weight is 649 g/mol. The SMILES string of the molecule is COc1cc2c(Oc3ccc(NOC(=S)NC(=O)Cc4ccccc4)cc3F)ncnc2cc1OCC1CCC2CO[C@@H](O)CC12. The molecule has 1 aliphatic heterocycles. The number of carbonyl (C=O) groups excluding carboxylic acids is 1. The molecule has 1 saturated carbocycles. The molecule has 0 bridgehead atoms. The van der Waals surface area contributed by atoms with Gasteiger partial charge in [-0.2, -0.15) is 0 Å². The van der Waals surface area contributed by atoms with Gasteiger partial charge in [-0.15, -0.1) is 0 Å². The molecular formula is C33H33FN4O7S. The van der Waals surface area contributed by atoms with Crippen LogP contribution >= 0.6 is 12.2 Å². The summed E-state index contributed by atoms with van der Waals surface area (Å²) < 4.78 is 38.2. The number of thiocarbonyl (C=S) groups is 1. The highest BCUT2D eigenvalue weighted by molar-refractivity contribution is 7.80. The molecule has 2 aliphatic rings. The fourth-order valence-electron chi connectivity index (χ4n) is 5.99. The minimum atomic E-state index is -0.722. The summed E-state index contributed by atoms with van der Waals surface area (Å²) in [6.07, 6.45) is 3.41. The minimum absolute atomic E-state index is 0.0852. The van der Waals surface area contributed by atoms with Crippen molar-refractivity contribution in [1.82, 2.24) is 15.3 Å². The minimum Gasteiger partial charge on any atom is -0.493 e. The molecule has 3 N–H and O–H groups in total. The van der Waals surface area contributed by atoms with Gasteiger partial charge in [-0.3, -0.25) is 10.1 Å². The maximum absolute atomic E-state index is 15.1. The molecule has 11 nitrogen and oxygen atoms in total. The number of aliphatic hydroxyl groups is 1. The van der Waals surface area contributed by atoms with Gasteiger partial charge >= 0.3 is 0 Å². The second-order valence-electron chi connectivity index (χ2n) is 11.2. The van der Waals surface area contributed by atoms with Gasteiger partial charge in [-0.05, 0) is 66.6 Å². The molecule has 1 amide bonds. The highest BCUT2D eigenvalue weighted by Gasteiger charge is 2.41. The predicted octanol–water partition coefficient (Wildman–Crippen LogP) is 5.32. The number of methoxy groups -OCH3 is 1. The third-order valence-corrected chi connectivity index (χ3v) is 8.47. The Labute approximate surface area is 270 Å². The third kappa shape index (κ3) is 7.44. The zero-order chi connectivity index (χ0) is 32.0. The number of rotatable bonds is 10. The summed E-state index contributed by atoms with van der Waals surface area (Å²) >= 11 is 5.05. The van der Waals surface area contributed by atoms with Crippen molar-refractivity contribution in [2.45, 2.75) is 32.0 Å². The summed E-state index contributed by atoms with van der Waals surface area (Å²) in [7, 11) is 1.53. The van der Waals surface area contributed by atoms with Gasteiger partial charge in [0.05, 0.1) is 43.3 Å². The van der Waals surface area contributed by atoms with E-state index >= 15 is 4.39 Å². The Bertz CT molecular complexity index is 1710. The average Bonchev–Trinajstić information content (AvgIpc) is 3.45. The fourth-order valence-corrected chi connectivity index (χ4v) is 6.14. The van der Waals surface area contributed by atoms with Crippen LogP contribution in [0.15, 0.2) is 67.0 Å². The Morgan fingerprint density at radius 1 is 1.09 bits per heavy atom. The van der Waals surface area contributed by atoms with Crippen molar-refractivity contribution in [2.24, 2.45) is 17.8 Å². The van der Waals surface area contributed by atoms with E-state index in [1.165, 1.54) is 25.6 Å². The van der Waals surface area contributed by atoms with Crippen LogP contribution in [0.1, 0.15) is 24.8 Å². The van der Waals surface area contributed by atoms with Crippen molar-refractivity contribution in [3.63, 3.8) is 0 Å². The number of aromatic nitrogens is 2. The lowest BCUT2D eigenvalue weighted by Gasteiger charge is -2.32. The fraction of sp³-hybridized carbons (Fsp3) is 0.333. The van der Waals surface area contributed by atoms with Gasteiger partial charge in [0.1, 0.15) is 6.33 Å². The number of hydrogen-bond donors (Lipinski definition) is 3. The van der Waals surface area contributed by atoms with E-state index < -0.39 is 12.1 Å². The summed E-state index contributed by atoms with van der Waals surface area (Å²) in [5.41, 5.74) is 4.12. The molecule has 1 aromatic heterocycles. The van der Waals surface area contributed by atoms with Crippen LogP contribution in [-0.2, 0) is 20.8 Å². The van der Waals surface area contributed by atoms with Gasteiger partial charge in [-0.1, -0.05) is 30.3 Å².